The molecule has 0 rings (SSSR count). The summed E-state index contributed by atoms with van der Waals surface area (Å²) < 4.78 is 5.34. The number of carbonyl (C=O) groups is 14. The summed E-state index contributed by atoms with van der Waals surface area (Å²) in [5, 5.41) is 51.5. The highest BCUT2D eigenvalue weighted by atomic mass is 16.6. The molecule has 13 atom stereocenters. The molecule has 0 aliphatic rings. The maximum atomic E-state index is 13.7. The number of nitrogens with one attached hydrogen (secondary N) is 19. The van der Waals surface area contributed by atoms with E-state index >= 15 is 0 Å². The highest BCUT2D eigenvalue weighted by Crippen LogP contribution is 2.13. The zero-order chi connectivity index (χ0) is 80.1. The van der Waals surface area contributed by atoms with E-state index in [0.717, 1.165) is 0 Å². The monoisotopic (exact) mass is 1480 g/mol. The summed E-state index contributed by atoms with van der Waals surface area (Å²) in [7, 11) is 0. The maximum Gasteiger partial charge on any atom is 0.407 e. The topological polar surface area (TPSA) is 503 Å². The predicted molar refractivity (Wildman–Crippen MR) is 397 cm³/mol. The summed E-state index contributed by atoms with van der Waals surface area (Å²) in [5.74, 6) is -5.18. The van der Waals surface area contributed by atoms with E-state index in [1.54, 1.807) is 34.6 Å². The summed E-state index contributed by atoms with van der Waals surface area (Å²) in [4.78, 5) is 183. The molecule has 0 aliphatic carbocycles. The van der Waals surface area contributed by atoms with Crippen LogP contribution in [0.1, 0.15) is 191 Å². The van der Waals surface area contributed by atoms with Gasteiger partial charge in [-0.2, -0.15) is 0 Å². The molecule has 20 amide bonds. The first-order valence-electron chi connectivity index (χ1n) is 36.4. The first-order chi connectivity index (χ1) is 48.1. The molecule has 0 saturated carbocycles. The van der Waals surface area contributed by atoms with Crippen molar-refractivity contribution in [1.29, 1.82) is 0 Å². The van der Waals surface area contributed by atoms with Gasteiger partial charge >= 0.3 is 42.3 Å². The minimum Gasteiger partial charge on any atom is -0.444 e. The van der Waals surface area contributed by atoms with Gasteiger partial charge in [-0.25, -0.2) is 33.6 Å². The van der Waals surface area contributed by atoms with Crippen molar-refractivity contribution in [2.45, 2.75) is 275 Å². The van der Waals surface area contributed by atoms with Gasteiger partial charge in [0.1, 0.15) is 47.9 Å². The van der Waals surface area contributed by atoms with Crippen LogP contribution in [-0.2, 0) is 38.3 Å². The van der Waals surface area contributed by atoms with E-state index < -0.39 is 168 Å². The van der Waals surface area contributed by atoms with Gasteiger partial charge in [0.05, 0.1) is 12.1 Å². The van der Waals surface area contributed by atoms with E-state index in [-0.39, 0.29) is 100.0 Å². The zero-order valence-electron chi connectivity index (χ0n) is 66.0. The molecule has 0 aromatic carbocycles. The molecule has 0 aliphatic heterocycles. The van der Waals surface area contributed by atoms with Gasteiger partial charge in [0.2, 0.25) is 41.4 Å². The molecule has 0 radical (unpaired) electrons. The molecule has 35 heteroatoms. The third-order valence-corrected chi connectivity index (χ3v) is 15.7. The van der Waals surface area contributed by atoms with Crippen molar-refractivity contribution >= 4 is 83.6 Å². The Morgan fingerprint density at radius 1 is 0.288 bits per heavy atom. The second-order valence-electron chi connectivity index (χ2n) is 30.8. The summed E-state index contributed by atoms with van der Waals surface area (Å²) in [6, 6.07) is -14.3. The minimum atomic E-state index is -1.22. The van der Waals surface area contributed by atoms with Gasteiger partial charge in [-0.15, -0.1) is 0 Å². The molecule has 0 bridgehead atoms. The summed E-state index contributed by atoms with van der Waals surface area (Å²) in [6.07, 6.45) is 0.872. The van der Waals surface area contributed by atoms with Crippen LogP contribution in [0.3, 0.4) is 0 Å². The van der Waals surface area contributed by atoms with E-state index in [1.165, 1.54) is 27.7 Å². The Morgan fingerprint density at radius 2 is 0.558 bits per heavy atom. The van der Waals surface area contributed by atoms with Gasteiger partial charge in [-0.05, 0) is 136 Å². The second kappa shape index (κ2) is 48.3. The average Bonchev–Trinajstić information content (AvgIpc) is 0.867. The van der Waals surface area contributed by atoms with E-state index in [0.29, 0.717) is 12.8 Å². The van der Waals surface area contributed by atoms with E-state index in [9.17, 15) is 67.1 Å². The number of amides is 20. The van der Waals surface area contributed by atoms with Crippen molar-refractivity contribution in [2.75, 3.05) is 39.3 Å². The van der Waals surface area contributed by atoms with Crippen LogP contribution in [0.5, 0.6) is 0 Å². The number of alkyl carbamates (subject to hydrolysis) is 1. The van der Waals surface area contributed by atoms with E-state index in [1.807, 2.05) is 96.9 Å². The maximum absolute atomic E-state index is 13.7. The van der Waals surface area contributed by atoms with Gasteiger partial charge in [0.15, 0.2) is 0 Å². The molecule has 0 aromatic heterocycles. The van der Waals surface area contributed by atoms with Crippen LogP contribution in [0.4, 0.5) is 33.6 Å². The quantitative estimate of drug-likeness (QED) is 0.0415. The smallest absolute Gasteiger partial charge is 0.407 e. The van der Waals surface area contributed by atoms with Crippen LogP contribution in [-0.4, -0.2) is 207 Å². The summed E-state index contributed by atoms with van der Waals surface area (Å²) >= 11 is 0. The number of rotatable bonds is 44. The van der Waals surface area contributed by atoms with Crippen LogP contribution in [0, 0.1) is 41.4 Å². The number of urea groups is 6. The Hall–Kier alpha value is -8.82. The lowest BCUT2D eigenvalue weighted by Crippen LogP contribution is -2.59. The van der Waals surface area contributed by atoms with Crippen molar-refractivity contribution in [3.63, 3.8) is 0 Å². The normalized spacial score (nSPS) is 15.2. The fourth-order valence-electron chi connectivity index (χ4n) is 10.0. The van der Waals surface area contributed by atoms with Gasteiger partial charge in [-0.3, -0.25) is 33.6 Å². The second-order valence-corrected chi connectivity index (χ2v) is 30.8. The van der Waals surface area contributed by atoms with E-state index in [2.05, 4.69) is 101 Å². The molecular weight excluding hydrogens is 1350 g/mol. The Morgan fingerprint density at radius 3 is 0.865 bits per heavy atom. The Kier molecular flexibility index (Phi) is 44.2. The molecule has 104 heavy (non-hydrogen) atoms. The third kappa shape index (κ3) is 44.0. The van der Waals surface area contributed by atoms with Crippen LogP contribution in [0.2, 0.25) is 0 Å². The van der Waals surface area contributed by atoms with Crippen LogP contribution in [0.25, 0.3) is 0 Å². The molecule has 0 heterocycles. The lowest BCUT2D eigenvalue weighted by Gasteiger charge is -2.27. The Labute approximate surface area is 616 Å². The molecule has 0 fully saturated rings. The molecule has 1 unspecified atom stereocenters. The summed E-state index contributed by atoms with van der Waals surface area (Å²) in [6.45, 7) is 40.9. The lowest BCUT2D eigenvalue weighted by molar-refractivity contribution is -0.135. The van der Waals surface area contributed by atoms with Gasteiger partial charge in [0.25, 0.3) is 0 Å². The largest absolute Gasteiger partial charge is 0.444 e. The van der Waals surface area contributed by atoms with Crippen molar-refractivity contribution in [1.82, 2.24) is 101 Å². The third-order valence-electron chi connectivity index (χ3n) is 15.7. The lowest BCUT2D eigenvalue weighted by atomic mass is 10.0. The van der Waals surface area contributed by atoms with Crippen molar-refractivity contribution in [2.24, 2.45) is 47.2 Å². The highest BCUT2D eigenvalue weighted by molar-refractivity contribution is 5.97. The minimum absolute atomic E-state index is 0.00556. The molecule has 21 N–H and O–H groups in total. The predicted octanol–water partition coefficient (Wildman–Crippen LogP) is 1.94. The summed E-state index contributed by atoms with van der Waals surface area (Å²) in [5.41, 5.74) is 4.62. The molecule has 598 valence electrons. The molecular formula is C69H132N20O15. The number of hydrogen-bond acceptors (Lipinski definition) is 15. The van der Waals surface area contributed by atoms with Crippen molar-refractivity contribution in [3.8, 4) is 0 Å². The number of primary amides is 1. The van der Waals surface area contributed by atoms with Crippen LogP contribution in [0.15, 0.2) is 0 Å². The van der Waals surface area contributed by atoms with Crippen molar-refractivity contribution in [3.05, 3.63) is 0 Å². The molecule has 35 nitrogen and oxygen atoms in total. The number of carbonyl (C=O) groups excluding carboxylic acids is 14. The zero-order valence-corrected chi connectivity index (χ0v) is 66.0. The molecule has 0 aromatic rings. The highest BCUT2D eigenvalue weighted by Gasteiger charge is 2.33. The fourth-order valence-corrected chi connectivity index (χ4v) is 10.0. The Balaban J connectivity index is 5.40. The number of nitrogens with two attached hydrogens (primary N) is 1. The van der Waals surface area contributed by atoms with Gasteiger partial charge in [0, 0.05) is 63.4 Å². The number of ether oxygens (including phenoxy) is 1. The first-order valence-corrected chi connectivity index (χ1v) is 36.4. The SMILES string of the molecule is CC(C)CC(CNC(=O)N[C@@H](C)C(=O)N[C@@H](CC(C)C)C(=O)N[C@@H](C)C(=O)N[C@@H](CC(C)C)C(=O)N[C@@H](C)C(=O)N[C@@H](CC(C)C)C(=O)N[C@@H](C)C(N)=O)NC(=O)NC[C@H](C)NC(=O)NC[C@@H](NC(=O)NC[C@H](CC(C)C)NC(=O)NC[C@H](C)NC(=O)NC[C@@H](NC(=O)OC(C)(C)C)C(C)C)C(C)C. The van der Waals surface area contributed by atoms with Gasteiger partial charge < -0.3 is 111 Å². The van der Waals surface area contributed by atoms with E-state index in [4.69, 9.17) is 10.5 Å². The number of hydrogen-bond donors (Lipinski definition) is 20. The first kappa shape index (κ1) is 95.2. The standard InChI is InChI=1S/C69H132N20O15/c1-35(2)24-48(31-73-64(99)82-47(20)58(93)87-52(28-39(9)10)61(96)81-46(19)57(92)86-51(27-38(7)8)60(95)80-45(18)56(91)85-50(26-37(5)6)59(94)79-44(17)55(70)90)83-65(100)71-29-42(15)77-62(97)75-33-53(40(11)12)88-67(102)74-32-49(25-36(3)4)84-66(101)72-30-43(16)78-63(98)76-34-54(41(13)14)89-68(103)104-69(21,22)23/h35-54H,24-34H2,1-23H3,(H2,70,90)(H,79,94)(H,80,95)(H,81,96)(H,85,91)(H,86,92)(H,87,93)(H,89,103)(H2,71,83,100)(H2,72,84,101)(H2,73,82,99)(H2,74,88,102)(H2,75,77,97)(H2,76,78,98)/t42-,43-,44-,45-,46-,47-,48?,49-,50-,51-,52-,53+,54+/m0/s1. The average molecular weight is 1480 g/mol. The van der Waals surface area contributed by atoms with Crippen LogP contribution < -0.4 is 107 Å². The fraction of sp³-hybridized carbons (Fsp3) is 0.797. The Bertz CT molecular complexity index is 2770. The van der Waals surface area contributed by atoms with Crippen LogP contribution >= 0.6 is 0 Å². The molecule has 0 spiro atoms. The molecule has 0 saturated heterocycles. The van der Waals surface area contributed by atoms with Crippen molar-refractivity contribution < 1.29 is 71.9 Å². The van der Waals surface area contributed by atoms with Gasteiger partial charge in [-0.1, -0.05) is 96.9 Å².